The number of rotatable bonds is 6. The summed E-state index contributed by atoms with van der Waals surface area (Å²) in [5, 5.41) is 3.74. The third-order valence-electron chi connectivity index (χ3n) is 5.73. The summed E-state index contributed by atoms with van der Waals surface area (Å²) in [6.45, 7) is 8.17. The van der Waals surface area contributed by atoms with Gasteiger partial charge in [-0.1, -0.05) is 48.0 Å². The summed E-state index contributed by atoms with van der Waals surface area (Å²) >= 11 is 6.30. The van der Waals surface area contributed by atoms with Gasteiger partial charge in [0.25, 0.3) is 11.8 Å². The third-order valence-corrected chi connectivity index (χ3v) is 6.13. The number of carbonyl (C=O) groups is 2. The molecule has 3 aromatic rings. The number of halogens is 1. The maximum Gasteiger partial charge on any atom is 0.282 e. The number of carbonyl (C=O) groups excluding carboxylic acids is 2. The van der Waals surface area contributed by atoms with Crippen molar-refractivity contribution in [2.24, 2.45) is 0 Å². The van der Waals surface area contributed by atoms with Crippen molar-refractivity contribution in [3.8, 4) is 5.75 Å². The minimum Gasteiger partial charge on any atom is -0.492 e. The van der Waals surface area contributed by atoms with Crippen molar-refractivity contribution < 1.29 is 14.3 Å². The van der Waals surface area contributed by atoms with Crippen molar-refractivity contribution in [3.05, 3.63) is 93.6 Å². The molecule has 0 spiro atoms. The number of anilines is 2. The standard InChI is InChI=1S/C27H25ClN2O3/c1-5-33-23-9-7-6-8-22(23)30-26(31)24(19-12-10-16(2)18(4)14-19)25(27(30)32)29-20-13-11-17(3)21(28)15-20/h6-15,29H,5H2,1-4H3. The Bertz CT molecular complexity index is 1300. The van der Waals surface area contributed by atoms with Crippen LogP contribution in [0, 0.1) is 20.8 Å². The average molecular weight is 461 g/mol. The Balaban J connectivity index is 1.86. The van der Waals surface area contributed by atoms with Crippen LogP contribution in [0.15, 0.2) is 66.4 Å². The van der Waals surface area contributed by atoms with E-state index in [1.807, 2.05) is 64.1 Å². The Labute approximate surface area is 198 Å². The van der Waals surface area contributed by atoms with E-state index in [9.17, 15) is 9.59 Å². The van der Waals surface area contributed by atoms with E-state index in [-0.39, 0.29) is 5.70 Å². The zero-order chi connectivity index (χ0) is 23.7. The van der Waals surface area contributed by atoms with E-state index < -0.39 is 11.8 Å². The second-order valence-electron chi connectivity index (χ2n) is 7.98. The Kier molecular flexibility index (Phi) is 6.25. The maximum absolute atomic E-state index is 13.7. The molecule has 0 aromatic heterocycles. The van der Waals surface area contributed by atoms with E-state index in [1.165, 1.54) is 4.90 Å². The summed E-state index contributed by atoms with van der Waals surface area (Å²) in [7, 11) is 0. The number of aryl methyl sites for hydroxylation is 3. The molecule has 3 aromatic carbocycles. The third kappa shape index (κ3) is 4.24. The second kappa shape index (κ2) is 9.12. The Morgan fingerprint density at radius 3 is 2.30 bits per heavy atom. The van der Waals surface area contributed by atoms with E-state index in [4.69, 9.17) is 16.3 Å². The predicted molar refractivity (Wildman–Crippen MR) is 133 cm³/mol. The van der Waals surface area contributed by atoms with E-state index in [0.717, 1.165) is 16.7 Å². The van der Waals surface area contributed by atoms with Crippen LogP contribution in [-0.4, -0.2) is 18.4 Å². The number of amides is 2. The van der Waals surface area contributed by atoms with Crippen molar-refractivity contribution in [2.45, 2.75) is 27.7 Å². The number of ether oxygens (including phenoxy) is 1. The lowest BCUT2D eigenvalue weighted by Gasteiger charge is -2.19. The van der Waals surface area contributed by atoms with Gasteiger partial charge in [0.15, 0.2) is 0 Å². The molecule has 168 valence electrons. The highest BCUT2D eigenvalue weighted by atomic mass is 35.5. The first kappa shape index (κ1) is 22.6. The molecular formula is C27H25ClN2O3. The van der Waals surface area contributed by atoms with E-state index in [0.29, 0.717) is 39.9 Å². The molecule has 0 atom stereocenters. The van der Waals surface area contributed by atoms with Crippen LogP contribution in [0.5, 0.6) is 5.75 Å². The van der Waals surface area contributed by atoms with Crippen LogP contribution in [0.4, 0.5) is 11.4 Å². The highest BCUT2D eigenvalue weighted by Crippen LogP contribution is 2.38. The summed E-state index contributed by atoms with van der Waals surface area (Å²) in [4.78, 5) is 28.6. The smallest absolute Gasteiger partial charge is 0.282 e. The first-order chi connectivity index (χ1) is 15.8. The number of imide groups is 1. The molecule has 6 heteroatoms. The molecule has 5 nitrogen and oxygen atoms in total. The number of hydrogen-bond acceptors (Lipinski definition) is 4. The van der Waals surface area contributed by atoms with Crippen LogP contribution in [0.3, 0.4) is 0 Å². The van der Waals surface area contributed by atoms with Crippen LogP contribution < -0.4 is 15.0 Å². The summed E-state index contributed by atoms with van der Waals surface area (Å²) < 4.78 is 5.70. The van der Waals surface area contributed by atoms with Crippen molar-refractivity contribution in [3.63, 3.8) is 0 Å². The number of benzene rings is 3. The molecule has 0 aliphatic carbocycles. The minimum atomic E-state index is -0.447. The van der Waals surface area contributed by atoms with Crippen molar-refractivity contribution in [1.29, 1.82) is 0 Å². The molecule has 1 aliphatic rings. The molecule has 4 rings (SSSR count). The molecule has 0 bridgehead atoms. The van der Waals surface area contributed by atoms with E-state index >= 15 is 0 Å². The van der Waals surface area contributed by atoms with Gasteiger partial charge in [-0.3, -0.25) is 9.59 Å². The molecule has 33 heavy (non-hydrogen) atoms. The molecule has 0 saturated carbocycles. The fourth-order valence-electron chi connectivity index (χ4n) is 3.76. The van der Waals surface area contributed by atoms with Gasteiger partial charge in [-0.05, 0) is 74.2 Å². The SMILES string of the molecule is CCOc1ccccc1N1C(=O)C(Nc2ccc(C)c(Cl)c2)=C(c2ccc(C)c(C)c2)C1=O. The Morgan fingerprint density at radius 2 is 1.61 bits per heavy atom. The number of nitrogens with one attached hydrogen (secondary N) is 1. The van der Waals surface area contributed by atoms with Gasteiger partial charge in [0.2, 0.25) is 0 Å². The van der Waals surface area contributed by atoms with Crippen molar-refractivity contribution in [1.82, 2.24) is 0 Å². The Morgan fingerprint density at radius 1 is 0.879 bits per heavy atom. The topological polar surface area (TPSA) is 58.6 Å². The average Bonchev–Trinajstić information content (AvgIpc) is 3.03. The fourth-order valence-corrected chi connectivity index (χ4v) is 3.94. The van der Waals surface area contributed by atoms with Gasteiger partial charge >= 0.3 is 0 Å². The minimum absolute atomic E-state index is 0.203. The summed E-state index contributed by atoms with van der Waals surface area (Å²) in [5.41, 5.74) is 5.29. The molecule has 0 saturated heterocycles. The highest BCUT2D eigenvalue weighted by molar-refractivity contribution is 6.46. The van der Waals surface area contributed by atoms with E-state index in [1.54, 1.807) is 24.3 Å². The van der Waals surface area contributed by atoms with Gasteiger partial charge in [0.05, 0.1) is 17.9 Å². The van der Waals surface area contributed by atoms with Crippen LogP contribution in [0.25, 0.3) is 5.57 Å². The summed E-state index contributed by atoms with van der Waals surface area (Å²) in [6.07, 6.45) is 0. The molecular weight excluding hydrogens is 436 g/mol. The number of hydrogen-bond donors (Lipinski definition) is 1. The quantitative estimate of drug-likeness (QED) is 0.454. The lowest BCUT2D eigenvalue weighted by atomic mass is 9.99. The van der Waals surface area contributed by atoms with E-state index in [2.05, 4.69) is 5.32 Å². The van der Waals surface area contributed by atoms with Crippen molar-refractivity contribution in [2.75, 3.05) is 16.8 Å². The van der Waals surface area contributed by atoms with Gasteiger partial charge in [0.1, 0.15) is 11.4 Å². The molecule has 1 aliphatic heterocycles. The van der Waals surface area contributed by atoms with Gasteiger partial charge in [0, 0.05) is 10.7 Å². The summed E-state index contributed by atoms with van der Waals surface area (Å²) in [5.74, 6) is -0.381. The number of nitrogens with zero attached hydrogens (tertiary/aromatic N) is 1. The maximum atomic E-state index is 13.7. The van der Waals surface area contributed by atoms with Crippen LogP contribution >= 0.6 is 11.6 Å². The zero-order valence-corrected chi connectivity index (χ0v) is 19.8. The van der Waals surface area contributed by atoms with Gasteiger partial charge in [-0.15, -0.1) is 0 Å². The predicted octanol–water partition coefficient (Wildman–Crippen LogP) is 6.06. The monoisotopic (exact) mass is 460 g/mol. The van der Waals surface area contributed by atoms with Crippen LogP contribution in [-0.2, 0) is 9.59 Å². The normalized spacial score (nSPS) is 13.7. The van der Waals surface area contributed by atoms with Crippen molar-refractivity contribution >= 4 is 40.4 Å². The highest BCUT2D eigenvalue weighted by Gasteiger charge is 2.41. The molecule has 0 fully saturated rings. The molecule has 2 amide bonds. The molecule has 0 radical (unpaired) electrons. The zero-order valence-electron chi connectivity index (χ0n) is 19.0. The largest absolute Gasteiger partial charge is 0.492 e. The molecule has 1 heterocycles. The lowest BCUT2D eigenvalue weighted by molar-refractivity contribution is -0.120. The molecule has 0 unspecified atom stereocenters. The number of para-hydroxylation sites is 2. The first-order valence-electron chi connectivity index (χ1n) is 10.8. The Hall–Kier alpha value is -3.57. The second-order valence-corrected chi connectivity index (χ2v) is 8.39. The van der Waals surface area contributed by atoms with Crippen LogP contribution in [0.2, 0.25) is 5.02 Å². The fraction of sp³-hybridized carbons (Fsp3) is 0.185. The van der Waals surface area contributed by atoms with Gasteiger partial charge in [-0.2, -0.15) is 0 Å². The lowest BCUT2D eigenvalue weighted by Crippen LogP contribution is -2.32. The first-order valence-corrected chi connectivity index (χ1v) is 11.1. The summed E-state index contributed by atoms with van der Waals surface area (Å²) in [6, 6.07) is 18.2. The molecule has 1 N–H and O–H groups in total. The van der Waals surface area contributed by atoms with Gasteiger partial charge in [-0.25, -0.2) is 4.90 Å². The van der Waals surface area contributed by atoms with Gasteiger partial charge < -0.3 is 10.1 Å². The van der Waals surface area contributed by atoms with Crippen LogP contribution in [0.1, 0.15) is 29.2 Å².